The number of hydrogen-bond donors (Lipinski definition) is 1. The number of aromatic nitrogens is 1. The normalized spacial score (nSPS) is 10.7. The van der Waals surface area contributed by atoms with E-state index < -0.39 is 0 Å². The van der Waals surface area contributed by atoms with Gasteiger partial charge in [-0.2, -0.15) is 0 Å². The Kier molecular flexibility index (Phi) is 6.02. The lowest BCUT2D eigenvalue weighted by Gasteiger charge is -2.14. The molecule has 2 heterocycles. The number of nitrogens with zero attached hydrogens (tertiary/aromatic N) is 1. The summed E-state index contributed by atoms with van der Waals surface area (Å²) >= 11 is 7.66. The molecule has 1 N–H and O–H groups in total. The molecular formula is C24H21ClN2O3S. The van der Waals surface area contributed by atoms with Gasteiger partial charge in [0, 0.05) is 29.4 Å². The Labute approximate surface area is 189 Å². The molecule has 0 radical (unpaired) electrons. The molecule has 4 aromatic rings. The number of thiophene rings is 1. The van der Waals surface area contributed by atoms with Crippen molar-refractivity contribution in [2.24, 2.45) is 0 Å². The van der Waals surface area contributed by atoms with Crippen molar-refractivity contribution in [2.75, 3.05) is 19.5 Å². The fourth-order valence-electron chi connectivity index (χ4n) is 3.33. The van der Waals surface area contributed by atoms with E-state index in [1.54, 1.807) is 12.1 Å². The third-order valence-corrected chi connectivity index (χ3v) is 6.18. The van der Waals surface area contributed by atoms with E-state index in [1.807, 2.05) is 34.5 Å². The average Bonchev–Trinajstić information content (AvgIpc) is 3.44. The molecule has 0 aliphatic rings. The summed E-state index contributed by atoms with van der Waals surface area (Å²) in [4.78, 5) is 13.9. The van der Waals surface area contributed by atoms with Crippen molar-refractivity contribution in [2.45, 2.75) is 6.92 Å². The van der Waals surface area contributed by atoms with Gasteiger partial charge in [0.1, 0.15) is 16.4 Å². The summed E-state index contributed by atoms with van der Waals surface area (Å²) < 4.78 is 12.6. The van der Waals surface area contributed by atoms with E-state index in [2.05, 4.69) is 36.5 Å². The third-order valence-electron chi connectivity index (χ3n) is 4.92. The van der Waals surface area contributed by atoms with E-state index in [4.69, 9.17) is 21.1 Å². The van der Waals surface area contributed by atoms with E-state index >= 15 is 0 Å². The summed E-state index contributed by atoms with van der Waals surface area (Å²) in [6.45, 7) is 2.05. The number of ether oxygens (including phenoxy) is 2. The largest absolute Gasteiger partial charge is 0.495 e. The lowest BCUT2D eigenvalue weighted by atomic mass is 10.0. The maximum absolute atomic E-state index is 13.3. The molecular weight excluding hydrogens is 432 g/mol. The SMILES string of the molecule is COc1cc(OC)c(NC(=O)c2scc(-c3ccc(C)cc3)c2-n2cccc2)cc1Cl. The maximum atomic E-state index is 13.3. The van der Waals surface area contributed by atoms with Crippen LogP contribution in [0, 0.1) is 6.92 Å². The van der Waals surface area contributed by atoms with E-state index in [0.717, 1.165) is 16.8 Å². The van der Waals surface area contributed by atoms with Crippen molar-refractivity contribution in [1.82, 2.24) is 4.57 Å². The van der Waals surface area contributed by atoms with Crippen molar-refractivity contribution >= 4 is 34.5 Å². The van der Waals surface area contributed by atoms with Gasteiger partial charge in [-0.25, -0.2) is 0 Å². The monoisotopic (exact) mass is 452 g/mol. The standard InChI is InChI=1S/C24H21ClN2O3S/c1-15-6-8-16(9-7-15)17-14-31-23(22(17)27-10-4-5-11-27)24(28)26-19-12-18(25)20(29-2)13-21(19)30-3/h4-14H,1-3H3,(H,26,28). The molecule has 0 aliphatic carbocycles. The van der Waals surface area contributed by atoms with Gasteiger partial charge in [-0.3, -0.25) is 4.79 Å². The predicted octanol–water partition coefficient (Wildman–Crippen LogP) is 6.44. The van der Waals surface area contributed by atoms with Crippen LogP contribution in [0.2, 0.25) is 5.02 Å². The lowest BCUT2D eigenvalue weighted by Crippen LogP contribution is -2.13. The Morgan fingerprint density at radius 1 is 1.03 bits per heavy atom. The Morgan fingerprint density at radius 3 is 2.35 bits per heavy atom. The van der Waals surface area contributed by atoms with Crippen LogP contribution >= 0.6 is 22.9 Å². The molecule has 0 saturated carbocycles. The first kappa shape index (κ1) is 21.0. The van der Waals surface area contributed by atoms with Crippen molar-refractivity contribution < 1.29 is 14.3 Å². The van der Waals surface area contributed by atoms with Crippen LogP contribution in [-0.2, 0) is 0 Å². The van der Waals surface area contributed by atoms with Crippen LogP contribution in [-0.4, -0.2) is 24.7 Å². The lowest BCUT2D eigenvalue weighted by molar-refractivity contribution is 0.103. The highest BCUT2D eigenvalue weighted by Crippen LogP contribution is 2.38. The zero-order valence-electron chi connectivity index (χ0n) is 17.3. The minimum Gasteiger partial charge on any atom is -0.495 e. The van der Waals surface area contributed by atoms with Crippen LogP contribution in [0.25, 0.3) is 16.8 Å². The van der Waals surface area contributed by atoms with Gasteiger partial charge < -0.3 is 19.4 Å². The molecule has 0 unspecified atom stereocenters. The van der Waals surface area contributed by atoms with Gasteiger partial charge >= 0.3 is 0 Å². The minimum atomic E-state index is -0.244. The van der Waals surface area contributed by atoms with Gasteiger partial charge in [-0.1, -0.05) is 41.4 Å². The molecule has 2 aromatic heterocycles. The highest BCUT2D eigenvalue weighted by atomic mass is 35.5. The van der Waals surface area contributed by atoms with Gasteiger partial charge in [0.2, 0.25) is 0 Å². The van der Waals surface area contributed by atoms with Crippen LogP contribution < -0.4 is 14.8 Å². The second-order valence-corrected chi connectivity index (χ2v) is 8.21. The van der Waals surface area contributed by atoms with Gasteiger partial charge in [0.15, 0.2) is 0 Å². The third kappa shape index (κ3) is 4.17. The van der Waals surface area contributed by atoms with Gasteiger partial charge in [0.05, 0.1) is 30.6 Å². The molecule has 0 aliphatic heterocycles. The van der Waals surface area contributed by atoms with Gasteiger partial charge in [-0.15, -0.1) is 11.3 Å². The maximum Gasteiger partial charge on any atom is 0.268 e. The van der Waals surface area contributed by atoms with Crippen LogP contribution in [0.3, 0.4) is 0 Å². The number of benzene rings is 2. The second kappa shape index (κ2) is 8.88. The van der Waals surface area contributed by atoms with Crippen molar-refractivity contribution in [3.05, 3.63) is 81.8 Å². The molecule has 5 nitrogen and oxygen atoms in total. The van der Waals surface area contributed by atoms with Crippen LogP contribution in [0.4, 0.5) is 5.69 Å². The van der Waals surface area contributed by atoms with Crippen molar-refractivity contribution in [3.63, 3.8) is 0 Å². The molecule has 2 aromatic carbocycles. The Morgan fingerprint density at radius 2 is 1.71 bits per heavy atom. The van der Waals surface area contributed by atoms with Crippen molar-refractivity contribution in [1.29, 1.82) is 0 Å². The molecule has 0 atom stereocenters. The molecule has 0 bridgehead atoms. The number of nitrogens with one attached hydrogen (secondary N) is 1. The van der Waals surface area contributed by atoms with Crippen LogP contribution in [0.5, 0.6) is 11.5 Å². The summed E-state index contributed by atoms with van der Waals surface area (Å²) in [6.07, 6.45) is 3.86. The Balaban J connectivity index is 1.76. The van der Waals surface area contributed by atoms with Gasteiger partial charge in [0.25, 0.3) is 5.91 Å². The number of carbonyl (C=O) groups excluding carboxylic acids is 1. The number of aryl methyl sites for hydroxylation is 1. The molecule has 7 heteroatoms. The first-order chi connectivity index (χ1) is 15.0. The second-order valence-electron chi connectivity index (χ2n) is 6.92. The number of anilines is 1. The molecule has 0 fully saturated rings. The molecule has 4 rings (SSSR count). The van der Waals surface area contributed by atoms with Crippen LogP contribution in [0.1, 0.15) is 15.2 Å². The summed E-state index contributed by atoms with van der Waals surface area (Å²) in [5.74, 6) is 0.696. The highest BCUT2D eigenvalue weighted by Gasteiger charge is 2.22. The number of hydrogen-bond acceptors (Lipinski definition) is 4. The smallest absolute Gasteiger partial charge is 0.268 e. The molecule has 0 saturated heterocycles. The van der Waals surface area contributed by atoms with E-state index in [9.17, 15) is 4.79 Å². The molecule has 1 amide bonds. The molecule has 158 valence electrons. The van der Waals surface area contributed by atoms with Gasteiger partial charge in [-0.05, 0) is 30.7 Å². The highest BCUT2D eigenvalue weighted by molar-refractivity contribution is 7.13. The van der Waals surface area contributed by atoms with E-state index in [1.165, 1.54) is 31.1 Å². The fourth-order valence-corrected chi connectivity index (χ4v) is 4.54. The fraction of sp³-hybridized carbons (Fsp3) is 0.125. The number of methoxy groups -OCH3 is 2. The number of halogens is 1. The Hall–Kier alpha value is -3.22. The van der Waals surface area contributed by atoms with E-state index in [0.29, 0.717) is 27.1 Å². The molecule has 0 spiro atoms. The average molecular weight is 453 g/mol. The number of carbonyl (C=O) groups is 1. The van der Waals surface area contributed by atoms with E-state index in [-0.39, 0.29) is 5.91 Å². The number of rotatable bonds is 6. The zero-order valence-corrected chi connectivity index (χ0v) is 18.9. The summed E-state index contributed by atoms with van der Waals surface area (Å²) in [5, 5.41) is 5.33. The number of amides is 1. The first-order valence-corrected chi connectivity index (χ1v) is 10.8. The summed E-state index contributed by atoms with van der Waals surface area (Å²) in [6, 6.07) is 15.4. The quantitative estimate of drug-likeness (QED) is 0.366. The summed E-state index contributed by atoms with van der Waals surface area (Å²) in [5.41, 5.74) is 4.53. The summed E-state index contributed by atoms with van der Waals surface area (Å²) in [7, 11) is 3.06. The zero-order chi connectivity index (χ0) is 22.0. The van der Waals surface area contributed by atoms with Crippen LogP contribution in [0.15, 0.2) is 66.3 Å². The minimum absolute atomic E-state index is 0.244. The Bertz CT molecular complexity index is 1210. The first-order valence-electron chi connectivity index (χ1n) is 9.56. The topological polar surface area (TPSA) is 52.5 Å². The van der Waals surface area contributed by atoms with Crippen molar-refractivity contribution in [3.8, 4) is 28.3 Å². The predicted molar refractivity (Wildman–Crippen MR) is 126 cm³/mol. The molecule has 31 heavy (non-hydrogen) atoms.